The van der Waals surface area contributed by atoms with E-state index in [1.54, 1.807) is 0 Å². The molecule has 3 N–H and O–H groups in total. The summed E-state index contributed by atoms with van der Waals surface area (Å²) in [6, 6.07) is 7.37. The first-order valence-corrected chi connectivity index (χ1v) is 5.37. The van der Waals surface area contributed by atoms with Crippen LogP contribution in [0.2, 0.25) is 0 Å². The maximum atomic E-state index is 10.9. The lowest BCUT2D eigenvalue weighted by molar-refractivity contribution is -0.114. The molecule has 4 nitrogen and oxygen atoms in total. The first-order chi connectivity index (χ1) is 7.65. The van der Waals surface area contributed by atoms with Crippen LogP contribution in [0.4, 0.5) is 11.4 Å². The van der Waals surface area contributed by atoms with E-state index in [0.717, 1.165) is 24.2 Å². The monoisotopic (exact) mass is 217 g/mol. The van der Waals surface area contributed by atoms with Crippen molar-refractivity contribution >= 4 is 23.1 Å². The number of hydrogen-bond acceptors (Lipinski definition) is 2. The van der Waals surface area contributed by atoms with Gasteiger partial charge in [-0.1, -0.05) is 6.07 Å². The van der Waals surface area contributed by atoms with Gasteiger partial charge in [0.25, 0.3) is 0 Å². The van der Waals surface area contributed by atoms with E-state index in [0.29, 0.717) is 11.8 Å². The molecule has 0 aliphatic heterocycles. The second-order valence-corrected chi connectivity index (χ2v) is 4.04. The standard InChI is InChI=1S/C12H15N3O/c1-8(16)14-10-3-2-4-11(7-10)15-12(13)9-5-6-9/h2-4,7,9H,5-6H2,1H3,(H2,13,15)(H,14,16). The van der Waals surface area contributed by atoms with Crippen LogP contribution in [0.1, 0.15) is 19.8 Å². The number of nitrogens with two attached hydrogens (primary N) is 1. The molecule has 1 aromatic rings. The number of carbonyl (C=O) groups is 1. The molecule has 0 spiro atoms. The Kier molecular flexibility index (Phi) is 2.90. The normalized spacial score (nSPS) is 15.9. The fourth-order valence-corrected chi connectivity index (χ4v) is 1.48. The van der Waals surface area contributed by atoms with E-state index in [1.807, 2.05) is 24.3 Å². The average Bonchev–Trinajstić information content (AvgIpc) is 2.99. The highest BCUT2D eigenvalue weighted by atomic mass is 16.1. The van der Waals surface area contributed by atoms with Gasteiger partial charge in [0.1, 0.15) is 5.84 Å². The van der Waals surface area contributed by atoms with Crippen molar-refractivity contribution in [2.75, 3.05) is 5.32 Å². The zero-order valence-corrected chi connectivity index (χ0v) is 9.23. The van der Waals surface area contributed by atoms with Crippen molar-refractivity contribution in [2.24, 2.45) is 16.6 Å². The second kappa shape index (κ2) is 4.35. The van der Waals surface area contributed by atoms with Crippen LogP contribution in [0.3, 0.4) is 0 Å². The molecule has 16 heavy (non-hydrogen) atoms. The van der Waals surface area contributed by atoms with Gasteiger partial charge in [-0.25, -0.2) is 4.99 Å². The molecular weight excluding hydrogens is 202 g/mol. The quantitative estimate of drug-likeness (QED) is 0.601. The Bertz CT molecular complexity index is 436. The highest BCUT2D eigenvalue weighted by Crippen LogP contribution is 2.30. The Balaban J connectivity index is 2.14. The molecule has 4 heteroatoms. The summed E-state index contributed by atoms with van der Waals surface area (Å²) in [4.78, 5) is 15.2. The topological polar surface area (TPSA) is 67.5 Å². The number of aliphatic imine (C=N–C) groups is 1. The summed E-state index contributed by atoms with van der Waals surface area (Å²) in [6.45, 7) is 1.48. The predicted octanol–water partition coefficient (Wildman–Crippen LogP) is 2.04. The first kappa shape index (κ1) is 10.7. The van der Waals surface area contributed by atoms with Gasteiger partial charge < -0.3 is 11.1 Å². The third-order valence-electron chi connectivity index (χ3n) is 2.42. The van der Waals surface area contributed by atoms with E-state index in [9.17, 15) is 4.79 Å². The van der Waals surface area contributed by atoms with Gasteiger partial charge in [-0.3, -0.25) is 4.79 Å². The maximum absolute atomic E-state index is 10.9. The fourth-order valence-electron chi connectivity index (χ4n) is 1.48. The molecule has 0 bridgehead atoms. The Morgan fingerprint density at radius 3 is 2.88 bits per heavy atom. The van der Waals surface area contributed by atoms with Crippen molar-refractivity contribution in [3.8, 4) is 0 Å². The Labute approximate surface area is 94.6 Å². The number of amides is 1. The molecule has 84 valence electrons. The molecule has 0 radical (unpaired) electrons. The molecule has 1 aliphatic carbocycles. The Morgan fingerprint density at radius 2 is 2.25 bits per heavy atom. The highest BCUT2D eigenvalue weighted by molar-refractivity contribution is 5.90. The van der Waals surface area contributed by atoms with Crippen LogP contribution < -0.4 is 11.1 Å². The van der Waals surface area contributed by atoms with Gasteiger partial charge in [0.15, 0.2) is 0 Å². The van der Waals surface area contributed by atoms with Crippen LogP contribution >= 0.6 is 0 Å². The molecule has 1 aliphatic rings. The minimum Gasteiger partial charge on any atom is -0.387 e. The second-order valence-electron chi connectivity index (χ2n) is 4.04. The molecule has 1 fully saturated rings. The summed E-state index contributed by atoms with van der Waals surface area (Å²) >= 11 is 0. The number of benzene rings is 1. The smallest absolute Gasteiger partial charge is 0.221 e. The number of carbonyl (C=O) groups excluding carboxylic acids is 1. The number of anilines is 1. The number of hydrogen-bond donors (Lipinski definition) is 2. The molecule has 0 unspecified atom stereocenters. The molecule has 1 aromatic carbocycles. The molecule has 1 saturated carbocycles. The van der Waals surface area contributed by atoms with Crippen LogP contribution in [-0.2, 0) is 4.79 Å². The average molecular weight is 217 g/mol. The third kappa shape index (κ3) is 2.82. The summed E-state index contributed by atoms with van der Waals surface area (Å²) in [6.07, 6.45) is 2.28. The summed E-state index contributed by atoms with van der Waals surface area (Å²) < 4.78 is 0. The van der Waals surface area contributed by atoms with E-state index < -0.39 is 0 Å². The number of nitrogens with zero attached hydrogens (tertiary/aromatic N) is 1. The molecule has 0 heterocycles. The van der Waals surface area contributed by atoms with Crippen molar-refractivity contribution < 1.29 is 4.79 Å². The van der Waals surface area contributed by atoms with Crippen molar-refractivity contribution in [3.05, 3.63) is 24.3 Å². The van der Waals surface area contributed by atoms with Gasteiger partial charge in [0.2, 0.25) is 5.91 Å². The third-order valence-corrected chi connectivity index (χ3v) is 2.42. The van der Waals surface area contributed by atoms with Gasteiger partial charge in [-0.15, -0.1) is 0 Å². The van der Waals surface area contributed by atoms with Gasteiger partial charge in [-0.2, -0.15) is 0 Å². The number of nitrogens with one attached hydrogen (secondary N) is 1. The van der Waals surface area contributed by atoms with E-state index in [1.165, 1.54) is 6.92 Å². The predicted molar refractivity (Wildman–Crippen MR) is 64.8 cm³/mol. The molecule has 0 aromatic heterocycles. The molecule has 0 saturated heterocycles. The molecular formula is C12H15N3O. The van der Waals surface area contributed by atoms with Crippen LogP contribution in [0, 0.1) is 5.92 Å². The number of rotatable bonds is 3. The van der Waals surface area contributed by atoms with Gasteiger partial charge in [0, 0.05) is 18.5 Å². The van der Waals surface area contributed by atoms with Gasteiger partial charge >= 0.3 is 0 Å². The zero-order valence-electron chi connectivity index (χ0n) is 9.23. The molecule has 0 atom stereocenters. The van der Waals surface area contributed by atoms with Crippen LogP contribution in [-0.4, -0.2) is 11.7 Å². The van der Waals surface area contributed by atoms with Gasteiger partial charge in [-0.05, 0) is 31.0 Å². The summed E-state index contributed by atoms with van der Waals surface area (Å²) in [5.74, 6) is 1.07. The first-order valence-electron chi connectivity index (χ1n) is 5.37. The molecule has 1 amide bonds. The fraction of sp³-hybridized carbons (Fsp3) is 0.333. The highest BCUT2D eigenvalue weighted by Gasteiger charge is 2.25. The lowest BCUT2D eigenvalue weighted by Crippen LogP contribution is -2.13. The van der Waals surface area contributed by atoms with E-state index in [4.69, 9.17) is 5.73 Å². The maximum Gasteiger partial charge on any atom is 0.221 e. The van der Waals surface area contributed by atoms with E-state index in [-0.39, 0.29) is 5.91 Å². The van der Waals surface area contributed by atoms with Crippen LogP contribution in [0.15, 0.2) is 29.3 Å². The Hall–Kier alpha value is -1.84. The van der Waals surface area contributed by atoms with Crippen molar-refractivity contribution in [3.63, 3.8) is 0 Å². The van der Waals surface area contributed by atoms with Crippen molar-refractivity contribution in [2.45, 2.75) is 19.8 Å². The number of amidine groups is 1. The summed E-state index contributed by atoms with van der Waals surface area (Å²) in [5, 5.41) is 2.71. The molecule has 2 rings (SSSR count). The van der Waals surface area contributed by atoms with Crippen molar-refractivity contribution in [1.82, 2.24) is 0 Å². The minimum atomic E-state index is -0.0868. The lowest BCUT2D eigenvalue weighted by atomic mass is 10.2. The van der Waals surface area contributed by atoms with Gasteiger partial charge in [0.05, 0.1) is 5.69 Å². The zero-order chi connectivity index (χ0) is 11.5. The van der Waals surface area contributed by atoms with Crippen molar-refractivity contribution in [1.29, 1.82) is 0 Å². The Morgan fingerprint density at radius 1 is 1.50 bits per heavy atom. The summed E-state index contributed by atoms with van der Waals surface area (Å²) in [5.41, 5.74) is 7.36. The largest absolute Gasteiger partial charge is 0.387 e. The van der Waals surface area contributed by atoms with E-state index >= 15 is 0 Å². The van der Waals surface area contributed by atoms with Crippen LogP contribution in [0.5, 0.6) is 0 Å². The lowest BCUT2D eigenvalue weighted by Gasteiger charge is -2.03. The summed E-state index contributed by atoms with van der Waals surface area (Å²) in [7, 11) is 0. The SMILES string of the molecule is CC(=O)Nc1cccc(N=C(N)C2CC2)c1. The van der Waals surface area contributed by atoms with Crippen LogP contribution in [0.25, 0.3) is 0 Å². The van der Waals surface area contributed by atoms with E-state index in [2.05, 4.69) is 10.3 Å². The minimum absolute atomic E-state index is 0.0868.